The molecule has 4 aromatic rings. The minimum absolute atomic E-state index is 0. The average Bonchev–Trinajstić information content (AvgIpc) is 3.34. The predicted molar refractivity (Wildman–Crippen MR) is 144 cm³/mol. The lowest BCUT2D eigenvalue weighted by Gasteiger charge is -2.15. The maximum atomic E-state index is 10.9. The number of nitro benzene ring substituents is 1. The molecule has 184 valence electrons. The van der Waals surface area contributed by atoms with E-state index in [1.165, 1.54) is 28.6 Å². The molecule has 0 saturated carbocycles. The van der Waals surface area contributed by atoms with E-state index >= 15 is 0 Å². The summed E-state index contributed by atoms with van der Waals surface area (Å²) in [6, 6.07) is 20.5. The zero-order chi connectivity index (χ0) is 24.4. The second kappa shape index (κ2) is 10.5. The molecule has 0 aromatic heterocycles. The summed E-state index contributed by atoms with van der Waals surface area (Å²) in [5.41, 5.74) is 6.07. The van der Waals surface area contributed by atoms with E-state index in [0.717, 1.165) is 48.2 Å². The molecule has 8 nitrogen and oxygen atoms in total. The van der Waals surface area contributed by atoms with Crippen molar-refractivity contribution < 1.29 is 9.66 Å². The van der Waals surface area contributed by atoms with Crippen LogP contribution in [0.2, 0.25) is 0 Å². The summed E-state index contributed by atoms with van der Waals surface area (Å²) < 4.78 is 6.48. The van der Waals surface area contributed by atoms with Crippen LogP contribution in [-0.2, 0) is 19.3 Å². The van der Waals surface area contributed by atoms with Crippen molar-refractivity contribution >= 4 is 33.5 Å². The third-order valence-corrected chi connectivity index (χ3v) is 6.41. The largest absolute Gasteiger partial charge is 0.454 e. The summed E-state index contributed by atoms with van der Waals surface area (Å²) in [5.74, 6) is 1.37. The van der Waals surface area contributed by atoms with Gasteiger partial charge in [-0.25, -0.2) is 0 Å². The first-order valence-corrected chi connectivity index (χ1v) is 11.9. The molecule has 36 heavy (non-hydrogen) atoms. The Labute approximate surface area is 209 Å². The van der Waals surface area contributed by atoms with Crippen molar-refractivity contribution in [1.82, 2.24) is 6.15 Å². The number of non-ortho nitro benzene ring substituents is 1. The fourth-order valence-corrected chi connectivity index (χ4v) is 4.62. The number of nitrogens with one attached hydrogen (secondary N) is 1. The van der Waals surface area contributed by atoms with Crippen molar-refractivity contribution in [3.8, 4) is 11.5 Å². The zero-order valence-electron chi connectivity index (χ0n) is 20.5. The Morgan fingerprint density at radius 3 is 2.47 bits per heavy atom. The maximum absolute atomic E-state index is 10.9. The summed E-state index contributed by atoms with van der Waals surface area (Å²) >= 11 is 0. The molecule has 0 amide bonds. The van der Waals surface area contributed by atoms with Gasteiger partial charge in [0.1, 0.15) is 11.4 Å². The highest BCUT2D eigenvalue weighted by Gasteiger charge is 2.17. The molecule has 0 bridgehead atoms. The van der Waals surface area contributed by atoms with Crippen LogP contribution >= 0.6 is 0 Å². The second-order valence-corrected chi connectivity index (χ2v) is 8.49. The molecule has 4 aromatic carbocycles. The number of nitrogens with zero attached hydrogens (tertiary/aromatic N) is 3. The number of hydrogen-bond acceptors (Lipinski definition) is 7. The van der Waals surface area contributed by atoms with Gasteiger partial charge in [0.2, 0.25) is 0 Å². The Hall–Kier alpha value is -4.30. The van der Waals surface area contributed by atoms with Gasteiger partial charge in [-0.3, -0.25) is 10.1 Å². The lowest BCUT2D eigenvalue weighted by atomic mass is 9.95. The predicted octanol–water partition coefficient (Wildman–Crippen LogP) is 8.21. The number of rotatable bonds is 7. The topological polar surface area (TPSA) is 124 Å². The van der Waals surface area contributed by atoms with Crippen LogP contribution < -0.4 is 16.2 Å². The quantitative estimate of drug-likeness (QED) is 0.156. The van der Waals surface area contributed by atoms with Gasteiger partial charge < -0.3 is 16.2 Å². The van der Waals surface area contributed by atoms with Crippen molar-refractivity contribution in [2.75, 3.05) is 11.9 Å². The smallest absolute Gasteiger partial charge is 0.269 e. The standard InChI is InChI=1S/C28H26N4O3.H3N/c1-3-18-8-13-24-23(22(18)4-2)6-5-7-27(24)35-28-17-25-19(14-15-29-25)16-26(28)31-30-20-9-11-21(12-10-20)32(33)34;/h5-13,16-17,29H,3-4,14-15H2,1-2H3;1H3. The molecule has 0 aliphatic carbocycles. The molecule has 8 heteroatoms. The molecule has 0 unspecified atom stereocenters. The van der Waals surface area contributed by atoms with Crippen LogP contribution in [0.3, 0.4) is 0 Å². The molecule has 1 heterocycles. The van der Waals surface area contributed by atoms with Crippen molar-refractivity contribution in [2.24, 2.45) is 10.2 Å². The average molecular weight is 484 g/mol. The first-order valence-electron chi connectivity index (χ1n) is 11.9. The van der Waals surface area contributed by atoms with E-state index < -0.39 is 4.92 Å². The highest BCUT2D eigenvalue weighted by Crippen LogP contribution is 2.41. The lowest BCUT2D eigenvalue weighted by Crippen LogP contribution is -1.95. The number of hydrogen-bond donors (Lipinski definition) is 2. The van der Waals surface area contributed by atoms with Crippen LogP contribution in [0.1, 0.15) is 30.5 Å². The number of azo groups is 1. The molecule has 0 radical (unpaired) electrons. The maximum Gasteiger partial charge on any atom is 0.269 e. The van der Waals surface area contributed by atoms with E-state index in [4.69, 9.17) is 4.74 Å². The molecular formula is C28H29N5O3. The molecule has 4 N–H and O–H groups in total. The third-order valence-electron chi connectivity index (χ3n) is 6.41. The van der Waals surface area contributed by atoms with Gasteiger partial charge in [-0.2, -0.15) is 5.11 Å². The Balaban J connectivity index is 0.00000304. The molecular weight excluding hydrogens is 454 g/mol. The first-order chi connectivity index (χ1) is 17.1. The number of ether oxygens (including phenoxy) is 1. The number of aryl methyl sites for hydroxylation is 2. The van der Waals surface area contributed by atoms with E-state index in [9.17, 15) is 10.1 Å². The zero-order valence-corrected chi connectivity index (χ0v) is 20.5. The van der Waals surface area contributed by atoms with Crippen molar-refractivity contribution in [1.29, 1.82) is 0 Å². The summed E-state index contributed by atoms with van der Waals surface area (Å²) in [5, 5.41) is 25.4. The molecule has 0 atom stereocenters. The summed E-state index contributed by atoms with van der Waals surface area (Å²) in [6.07, 6.45) is 2.86. The van der Waals surface area contributed by atoms with Gasteiger partial charge in [-0.05, 0) is 65.6 Å². The van der Waals surface area contributed by atoms with E-state index in [0.29, 0.717) is 17.1 Å². The van der Waals surface area contributed by atoms with Crippen LogP contribution in [0.25, 0.3) is 10.8 Å². The van der Waals surface area contributed by atoms with Crippen molar-refractivity contribution in [2.45, 2.75) is 33.1 Å². The number of anilines is 1. The van der Waals surface area contributed by atoms with Crippen LogP contribution in [0.15, 0.2) is 77.0 Å². The molecule has 0 fully saturated rings. The Morgan fingerprint density at radius 2 is 1.75 bits per heavy atom. The minimum atomic E-state index is -0.433. The van der Waals surface area contributed by atoms with E-state index in [1.54, 1.807) is 12.1 Å². The van der Waals surface area contributed by atoms with Gasteiger partial charge in [0, 0.05) is 35.8 Å². The van der Waals surface area contributed by atoms with Crippen LogP contribution in [-0.4, -0.2) is 11.5 Å². The van der Waals surface area contributed by atoms with Crippen LogP contribution in [0, 0.1) is 10.1 Å². The Morgan fingerprint density at radius 1 is 0.944 bits per heavy atom. The number of benzene rings is 4. The Kier molecular flexibility index (Phi) is 7.26. The SMILES string of the molecule is CCc1ccc2c(Oc3cc4c(cc3N=Nc3ccc([N+](=O)[O-])cc3)CCN4)cccc2c1CC.N. The molecule has 1 aliphatic rings. The Bertz CT molecular complexity index is 1450. The van der Waals surface area contributed by atoms with Crippen LogP contribution in [0.4, 0.5) is 22.7 Å². The molecule has 0 saturated heterocycles. The van der Waals surface area contributed by atoms with Gasteiger partial charge in [-0.15, -0.1) is 5.11 Å². The van der Waals surface area contributed by atoms with Gasteiger partial charge in [0.05, 0.1) is 10.6 Å². The van der Waals surface area contributed by atoms with E-state index in [2.05, 4.69) is 47.6 Å². The monoisotopic (exact) mass is 483 g/mol. The summed E-state index contributed by atoms with van der Waals surface area (Å²) in [4.78, 5) is 10.5. The summed E-state index contributed by atoms with van der Waals surface area (Å²) in [6.45, 7) is 5.23. The highest BCUT2D eigenvalue weighted by molar-refractivity contribution is 5.92. The highest BCUT2D eigenvalue weighted by atomic mass is 16.6. The first kappa shape index (κ1) is 24.8. The third kappa shape index (κ3) is 4.76. The van der Waals surface area contributed by atoms with Gasteiger partial charge in [0.25, 0.3) is 5.69 Å². The van der Waals surface area contributed by atoms with Gasteiger partial charge in [0.15, 0.2) is 5.75 Å². The van der Waals surface area contributed by atoms with E-state index in [-0.39, 0.29) is 11.8 Å². The van der Waals surface area contributed by atoms with Gasteiger partial charge >= 0.3 is 0 Å². The molecule has 1 aliphatic heterocycles. The minimum Gasteiger partial charge on any atom is -0.454 e. The van der Waals surface area contributed by atoms with E-state index in [1.807, 2.05) is 24.3 Å². The van der Waals surface area contributed by atoms with Crippen molar-refractivity contribution in [3.05, 3.63) is 93.5 Å². The van der Waals surface area contributed by atoms with Gasteiger partial charge in [-0.1, -0.05) is 38.1 Å². The van der Waals surface area contributed by atoms with Crippen molar-refractivity contribution in [3.63, 3.8) is 0 Å². The summed E-state index contributed by atoms with van der Waals surface area (Å²) in [7, 11) is 0. The van der Waals surface area contributed by atoms with Crippen LogP contribution in [0.5, 0.6) is 11.5 Å². The second-order valence-electron chi connectivity index (χ2n) is 8.49. The lowest BCUT2D eigenvalue weighted by molar-refractivity contribution is -0.384. The number of fused-ring (bicyclic) bond motifs is 2. The molecule has 5 rings (SSSR count). The number of nitro groups is 1. The fourth-order valence-electron chi connectivity index (χ4n) is 4.62. The fraction of sp³-hybridized carbons (Fsp3) is 0.214. The normalized spacial score (nSPS) is 12.3. The molecule has 0 spiro atoms.